The van der Waals surface area contributed by atoms with Crippen LogP contribution < -0.4 is 5.32 Å². The molecule has 24 heavy (non-hydrogen) atoms. The molecule has 0 aromatic carbocycles. The second-order valence-corrected chi connectivity index (χ2v) is 7.08. The van der Waals surface area contributed by atoms with Gasteiger partial charge in [0.15, 0.2) is 0 Å². The predicted molar refractivity (Wildman–Crippen MR) is 94.0 cm³/mol. The van der Waals surface area contributed by atoms with Gasteiger partial charge in [0.2, 0.25) is 5.13 Å². The van der Waals surface area contributed by atoms with Gasteiger partial charge in [0.1, 0.15) is 22.3 Å². The number of nitrogens with zero attached hydrogens (tertiary/aromatic N) is 3. The Bertz CT molecular complexity index is 892. The number of amides is 1. The Morgan fingerprint density at radius 1 is 1.33 bits per heavy atom. The topological polar surface area (TPSA) is 77.0 Å². The first-order valence-electron chi connectivity index (χ1n) is 7.48. The van der Waals surface area contributed by atoms with Crippen molar-refractivity contribution in [3.05, 3.63) is 51.5 Å². The van der Waals surface area contributed by atoms with Crippen molar-refractivity contribution >= 4 is 39.5 Å². The number of carbonyl (C=O) groups excluding carboxylic acids is 1. The summed E-state index contributed by atoms with van der Waals surface area (Å²) in [6, 6.07) is 0. The molecule has 0 spiro atoms. The monoisotopic (exact) mass is 358 g/mol. The molecule has 2 bridgehead atoms. The molecule has 2 aromatic rings. The summed E-state index contributed by atoms with van der Waals surface area (Å²) < 4.78 is 9.65. The molecule has 1 N–H and O–H groups in total. The number of ether oxygens (including phenoxy) is 1. The van der Waals surface area contributed by atoms with Gasteiger partial charge in [-0.1, -0.05) is 11.6 Å². The molecular formula is C16H14N4O2S2. The fourth-order valence-corrected chi connectivity index (χ4v) is 3.88. The Morgan fingerprint density at radius 3 is 3.08 bits per heavy atom. The number of fused-ring (bicyclic) bond motifs is 2. The Morgan fingerprint density at radius 2 is 2.25 bits per heavy atom. The molecule has 0 unspecified atom stereocenters. The Labute approximate surface area is 146 Å². The van der Waals surface area contributed by atoms with Crippen molar-refractivity contribution in [3.63, 3.8) is 0 Å². The first-order chi connectivity index (χ1) is 11.7. The van der Waals surface area contributed by atoms with Gasteiger partial charge < -0.3 is 4.74 Å². The summed E-state index contributed by atoms with van der Waals surface area (Å²) in [5.74, 6) is 1.37. The molecule has 0 radical (unpaired) electrons. The van der Waals surface area contributed by atoms with Gasteiger partial charge in [0, 0.05) is 35.3 Å². The van der Waals surface area contributed by atoms with Crippen molar-refractivity contribution in [2.75, 3.05) is 11.9 Å². The molecule has 8 heteroatoms. The second kappa shape index (κ2) is 6.29. The van der Waals surface area contributed by atoms with Crippen LogP contribution in [0.4, 0.5) is 5.13 Å². The fraction of sp³-hybridized carbons (Fsp3) is 0.250. The van der Waals surface area contributed by atoms with E-state index in [1.54, 1.807) is 12.3 Å². The average Bonchev–Trinajstić information content (AvgIpc) is 3.18. The highest BCUT2D eigenvalue weighted by molar-refractivity contribution is 7.11. The first-order valence-corrected chi connectivity index (χ1v) is 9.13. The van der Waals surface area contributed by atoms with E-state index < -0.39 is 0 Å². The van der Waals surface area contributed by atoms with E-state index in [4.69, 9.17) is 4.74 Å². The van der Waals surface area contributed by atoms with E-state index in [1.807, 2.05) is 12.2 Å². The highest BCUT2D eigenvalue weighted by Crippen LogP contribution is 2.31. The lowest BCUT2D eigenvalue weighted by molar-refractivity contribution is 0.102. The van der Waals surface area contributed by atoms with Crippen molar-refractivity contribution < 1.29 is 9.53 Å². The molecule has 2 aliphatic rings. The van der Waals surface area contributed by atoms with Crippen LogP contribution in [0.5, 0.6) is 0 Å². The van der Waals surface area contributed by atoms with E-state index >= 15 is 0 Å². The van der Waals surface area contributed by atoms with Crippen LogP contribution >= 0.6 is 22.9 Å². The van der Waals surface area contributed by atoms with Crippen molar-refractivity contribution in [1.82, 2.24) is 14.3 Å². The summed E-state index contributed by atoms with van der Waals surface area (Å²) in [6.07, 6.45) is 7.94. The number of carbonyl (C=O) groups is 1. The number of hydrogen-bond acceptors (Lipinski definition) is 7. The van der Waals surface area contributed by atoms with Crippen molar-refractivity contribution in [2.24, 2.45) is 0 Å². The normalized spacial score (nSPS) is 16.5. The molecule has 122 valence electrons. The van der Waals surface area contributed by atoms with E-state index in [1.165, 1.54) is 16.9 Å². The van der Waals surface area contributed by atoms with Gasteiger partial charge in [0.25, 0.3) is 5.91 Å². The van der Waals surface area contributed by atoms with Crippen LogP contribution in [0.3, 0.4) is 0 Å². The Kier molecular flexibility index (Phi) is 3.99. The molecule has 2 aromatic heterocycles. The number of aryl methyl sites for hydroxylation is 1. The molecule has 1 fully saturated rings. The number of anilines is 1. The smallest absolute Gasteiger partial charge is 0.276 e. The lowest BCUT2D eigenvalue weighted by atomic mass is 10.0. The van der Waals surface area contributed by atoms with Gasteiger partial charge in [-0.05, 0) is 19.1 Å². The molecule has 1 amide bonds. The number of nitrogens with one attached hydrogen (secondary N) is 1. The first kappa shape index (κ1) is 15.2. The van der Waals surface area contributed by atoms with Gasteiger partial charge in [-0.3, -0.25) is 10.1 Å². The van der Waals surface area contributed by atoms with E-state index in [0.717, 1.165) is 47.3 Å². The SMILES string of the molecule is Cc1nsc(NC(=O)c2csc(C3=CC=C4CC(=C3)CCO4)n2)n1. The highest BCUT2D eigenvalue weighted by atomic mass is 32.1. The van der Waals surface area contributed by atoms with E-state index in [0.29, 0.717) is 16.6 Å². The van der Waals surface area contributed by atoms with E-state index in [9.17, 15) is 4.79 Å². The maximum absolute atomic E-state index is 12.3. The van der Waals surface area contributed by atoms with Gasteiger partial charge in [-0.15, -0.1) is 11.3 Å². The van der Waals surface area contributed by atoms with Crippen LogP contribution in [0, 0.1) is 6.92 Å². The lowest BCUT2D eigenvalue weighted by Crippen LogP contribution is -2.12. The molecule has 4 rings (SSSR count). The zero-order chi connectivity index (χ0) is 16.5. The third-order valence-corrected chi connectivity index (χ3v) is 5.27. The van der Waals surface area contributed by atoms with E-state index in [-0.39, 0.29) is 5.91 Å². The van der Waals surface area contributed by atoms with Crippen LogP contribution in [0.15, 0.2) is 34.9 Å². The second-order valence-electron chi connectivity index (χ2n) is 5.47. The number of thiazole rings is 1. The van der Waals surface area contributed by atoms with Crippen LogP contribution in [0.2, 0.25) is 0 Å². The summed E-state index contributed by atoms with van der Waals surface area (Å²) in [7, 11) is 0. The highest BCUT2D eigenvalue weighted by Gasteiger charge is 2.18. The summed E-state index contributed by atoms with van der Waals surface area (Å²) >= 11 is 2.62. The van der Waals surface area contributed by atoms with Crippen LogP contribution in [0.1, 0.15) is 34.2 Å². The quantitative estimate of drug-likeness (QED) is 0.907. The van der Waals surface area contributed by atoms with E-state index in [2.05, 4.69) is 25.7 Å². The Hall–Kier alpha value is -2.32. The zero-order valence-electron chi connectivity index (χ0n) is 12.9. The maximum Gasteiger partial charge on any atom is 0.276 e. The van der Waals surface area contributed by atoms with Gasteiger partial charge >= 0.3 is 0 Å². The van der Waals surface area contributed by atoms with Crippen LogP contribution in [-0.4, -0.2) is 26.9 Å². The third-order valence-electron chi connectivity index (χ3n) is 3.65. The summed E-state index contributed by atoms with van der Waals surface area (Å²) in [6.45, 7) is 2.51. The summed E-state index contributed by atoms with van der Waals surface area (Å²) in [5.41, 5.74) is 2.74. The summed E-state index contributed by atoms with van der Waals surface area (Å²) in [5, 5.41) is 5.80. The third kappa shape index (κ3) is 3.15. The molecule has 3 heterocycles. The minimum atomic E-state index is -0.268. The molecule has 1 aliphatic heterocycles. The standard InChI is InChI=1S/C16H14N4O2S2/c1-9-17-16(24-20-9)19-14(21)13-8-23-15(18-13)11-2-3-12-7-10(6-11)4-5-22-12/h2-3,6,8H,4-5,7H2,1H3,(H,17,19,20,21). The molecule has 6 nitrogen and oxygen atoms in total. The molecule has 0 atom stereocenters. The van der Waals surface area contributed by atoms with Gasteiger partial charge in [0.05, 0.1) is 6.61 Å². The predicted octanol–water partition coefficient (Wildman–Crippen LogP) is 3.57. The van der Waals surface area contributed by atoms with Crippen molar-refractivity contribution in [1.29, 1.82) is 0 Å². The minimum Gasteiger partial charge on any atom is -0.497 e. The van der Waals surface area contributed by atoms with Crippen LogP contribution in [-0.2, 0) is 4.74 Å². The van der Waals surface area contributed by atoms with Crippen molar-refractivity contribution in [3.8, 4) is 0 Å². The number of rotatable bonds is 3. The molecule has 0 saturated carbocycles. The minimum absolute atomic E-state index is 0.268. The van der Waals surface area contributed by atoms with Gasteiger partial charge in [-0.25, -0.2) is 9.97 Å². The molecule has 1 aliphatic carbocycles. The lowest BCUT2D eigenvalue weighted by Gasteiger charge is -2.17. The molecular weight excluding hydrogens is 344 g/mol. The maximum atomic E-state index is 12.3. The largest absolute Gasteiger partial charge is 0.497 e. The zero-order valence-corrected chi connectivity index (χ0v) is 14.5. The number of allylic oxidation sites excluding steroid dienone is 5. The van der Waals surface area contributed by atoms with Crippen LogP contribution in [0.25, 0.3) is 5.57 Å². The fourth-order valence-electron chi connectivity index (χ4n) is 2.51. The number of hydrogen-bond donors (Lipinski definition) is 1. The number of aromatic nitrogens is 3. The van der Waals surface area contributed by atoms with Gasteiger partial charge in [-0.2, -0.15) is 4.37 Å². The molecule has 1 saturated heterocycles. The average molecular weight is 358 g/mol. The summed E-state index contributed by atoms with van der Waals surface area (Å²) in [4.78, 5) is 20.9. The Balaban J connectivity index is 1.55. The van der Waals surface area contributed by atoms with Crippen molar-refractivity contribution in [2.45, 2.75) is 19.8 Å².